The lowest BCUT2D eigenvalue weighted by Gasteiger charge is -2.30. The summed E-state index contributed by atoms with van der Waals surface area (Å²) >= 11 is 0. The van der Waals surface area contributed by atoms with E-state index in [4.69, 9.17) is 4.74 Å². The minimum absolute atomic E-state index is 0.154. The third-order valence-corrected chi connectivity index (χ3v) is 4.32. The Bertz CT molecular complexity index is 477. The summed E-state index contributed by atoms with van der Waals surface area (Å²) in [5.74, 6) is -0.139. The Labute approximate surface area is 112 Å². The summed E-state index contributed by atoms with van der Waals surface area (Å²) < 4.78 is 5.72. The van der Waals surface area contributed by atoms with Gasteiger partial charge in [0, 0.05) is 6.61 Å². The number of hydrogen-bond donors (Lipinski definition) is 2. The molecule has 3 rings (SSSR count). The van der Waals surface area contributed by atoms with Crippen molar-refractivity contribution < 1.29 is 19.7 Å². The van der Waals surface area contributed by atoms with Crippen LogP contribution in [0.2, 0.25) is 0 Å². The molecule has 2 unspecified atom stereocenters. The Morgan fingerprint density at radius 2 is 2.00 bits per heavy atom. The van der Waals surface area contributed by atoms with Crippen LogP contribution < -0.4 is 0 Å². The van der Waals surface area contributed by atoms with E-state index in [1.807, 2.05) is 0 Å². The number of phenols is 1. The summed E-state index contributed by atoms with van der Waals surface area (Å²) in [7, 11) is 0. The molecule has 1 heterocycles. The van der Waals surface area contributed by atoms with Crippen LogP contribution in [0.1, 0.15) is 24.8 Å². The average Bonchev–Trinajstić information content (AvgIpc) is 3.14. The lowest BCUT2D eigenvalue weighted by molar-refractivity contribution is -0.153. The second-order valence-corrected chi connectivity index (χ2v) is 5.68. The highest BCUT2D eigenvalue weighted by Crippen LogP contribution is 2.49. The topological polar surface area (TPSA) is 66.8 Å². The molecule has 0 aromatic heterocycles. The Morgan fingerprint density at radius 3 is 2.58 bits per heavy atom. The van der Waals surface area contributed by atoms with Crippen LogP contribution in [0.5, 0.6) is 5.75 Å². The maximum Gasteiger partial charge on any atom is 0.312 e. The maximum absolute atomic E-state index is 11.8. The molecular formula is C15H18O4. The lowest BCUT2D eigenvalue weighted by atomic mass is 9.74. The Hall–Kier alpha value is -1.55. The van der Waals surface area contributed by atoms with Crippen molar-refractivity contribution >= 4 is 5.97 Å². The summed E-state index contributed by atoms with van der Waals surface area (Å²) in [4.78, 5) is 11.8. The summed E-state index contributed by atoms with van der Waals surface area (Å²) in [6.45, 7) is 0.533. The summed E-state index contributed by atoms with van der Waals surface area (Å²) in [5.41, 5.74) is 0.148. The number of carbonyl (C=O) groups is 1. The molecule has 1 aliphatic carbocycles. The van der Waals surface area contributed by atoms with Crippen molar-refractivity contribution in [3.05, 3.63) is 29.8 Å². The van der Waals surface area contributed by atoms with Gasteiger partial charge in [0.25, 0.3) is 0 Å². The molecule has 2 fully saturated rings. The average molecular weight is 262 g/mol. The highest BCUT2D eigenvalue weighted by molar-refractivity contribution is 5.76. The molecule has 1 aromatic rings. The zero-order valence-corrected chi connectivity index (χ0v) is 10.7. The van der Waals surface area contributed by atoms with Gasteiger partial charge in [0.1, 0.15) is 11.2 Å². The summed E-state index contributed by atoms with van der Waals surface area (Å²) in [6, 6.07) is 6.80. The molecule has 0 spiro atoms. The molecular weight excluding hydrogens is 244 g/mol. The molecule has 1 saturated heterocycles. The molecule has 0 bridgehead atoms. The van der Waals surface area contributed by atoms with Crippen molar-refractivity contribution in [2.24, 2.45) is 11.3 Å². The van der Waals surface area contributed by atoms with Gasteiger partial charge in [0.2, 0.25) is 0 Å². The van der Waals surface area contributed by atoms with Crippen molar-refractivity contribution in [3.8, 4) is 5.75 Å². The second kappa shape index (κ2) is 4.53. The molecule has 2 atom stereocenters. The van der Waals surface area contributed by atoms with Gasteiger partial charge in [-0.15, -0.1) is 0 Å². The third kappa shape index (κ3) is 2.21. The SMILES string of the molecule is O=C(O)C1(Cc2ccc(O)cc2)CCOC1C1CC1. The van der Waals surface area contributed by atoms with Gasteiger partial charge in [-0.1, -0.05) is 12.1 Å². The third-order valence-electron chi connectivity index (χ3n) is 4.32. The van der Waals surface area contributed by atoms with Gasteiger partial charge in [0.05, 0.1) is 6.10 Å². The minimum atomic E-state index is -0.794. The van der Waals surface area contributed by atoms with E-state index in [9.17, 15) is 15.0 Å². The molecule has 1 saturated carbocycles. The first kappa shape index (κ1) is 12.5. The lowest BCUT2D eigenvalue weighted by Crippen LogP contribution is -2.42. The van der Waals surface area contributed by atoms with E-state index in [0.29, 0.717) is 25.4 Å². The number of hydrogen-bond acceptors (Lipinski definition) is 3. The van der Waals surface area contributed by atoms with Gasteiger partial charge < -0.3 is 14.9 Å². The van der Waals surface area contributed by atoms with E-state index in [1.165, 1.54) is 0 Å². The van der Waals surface area contributed by atoms with Crippen LogP contribution in [0.25, 0.3) is 0 Å². The van der Waals surface area contributed by atoms with Crippen LogP contribution in [0.3, 0.4) is 0 Å². The van der Waals surface area contributed by atoms with Crippen LogP contribution in [0.4, 0.5) is 0 Å². The number of carboxylic acids is 1. The number of aromatic hydroxyl groups is 1. The Balaban J connectivity index is 1.87. The highest BCUT2D eigenvalue weighted by Gasteiger charge is 2.55. The van der Waals surface area contributed by atoms with Crippen LogP contribution in [0.15, 0.2) is 24.3 Å². The van der Waals surface area contributed by atoms with Crippen LogP contribution in [0, 0.1) is 11.3 Å². The zero-order chi connectivity index (χ0) is 13.5. The molecule has 0 radical (unpaired) electrons. The van der Waals surface area contributed by atoms with E-state index in [0.717, 1.165) is 18.4 Å². The number of benzene rings is 1. The standard InChI is InChI=1S/C15H18O4/c16-12-5-1-10(2-6-12)9-15(14(17)18)7-8-19-13(15)11-3-4-11/h1-2,5-6,11,13,16H,3-4,7-9H2,(H,17,18). The monoisotopic (exact) mass is 262 g/mol. The Kier molecular flexibility index (Phi) is 2.97. The first-order valence-electron chi connectivity index (χ1n) is 6.75. The van der Waals surface area contributed by atoms with Crippen molar-refractivity contribution in [2.75, 3.05) is 6.61 Å². The van der Waals surface area contributed by atoms with Crippen LogP contribution in [-0.2, 0) is 16.0 Å². The fraction of sp³-hybridized carbons (Fsp3) is 0.533. The number of aliphatic carboxylic acids is 1. The van der Waals surface area contributed by atoms with E-state index in [1.54, 1.807) is 24.3 Å². The van der Waals surface area contributed by atoms with Gasteiger partial charge in [-0.3, -0.25) is 4.79 Å². The second-order valence-electron chi connectivity index (χ2n) is 5.68. The van der Waals surface area contributed by atoms with Crippen molar-refractivity contribution in [1.29, 1.82) is 0 Å². The van der Waals surface area contributed by atoms with Gasteiger partial charge in [-0.05, 0) is 49.3 Å². The van der Waals surface area contributed by atoms with Gasteiger partial charge in [-0.25, -0.2) is 0 Å². The van der Waals surface area contributed by atoms with E-state index in [2.05, 4.69) is 0 Å². The van der Waals surface area contributed by atoms with Gasteiger partial charge >= 0.3 is 5.97 Å². The van der Waals surface area contributed by atoms with Gasteiger partial charge in [0.15, 0.2) is 0 Å². The number of carboxylic acid groups (broad SMARTS) is 1. The van der Waals surface area contributed by atoms with Gasteiger partial charge in [-0.2, -0.15) is 0 Å². The molecule has 19 heavy (non-hydrogen) atoms. The Morgan fingerprint density at radius 1 is 1.32 bits per heavy atom. The fourth-order valence-electron chi connectivity index (χ4n) is 3.13. The predicted molar refractivity (Wildman–Crippen MR) is 69.0 cm³/mol. The van der Waals surface area contributed by atoms with Crippen molar-refractivity contribution in [2.45, 2.75) is 31.8 Å². The minimum Gasteiger partial charge on any atom is -0.508 e. The van der Waals surface area contributed by atoms with Crippen molar-refractivity contribution in [1.82, 2.24) is 0 Å². The maximum atomic E-state index is 11.8. The van der Waals surface area contributed by atoms with E-state index < -0.39 is 11.4 Å². The smallest absolute Gasteiger partial charge is 0.312 e. The zero-order valence-electron chi connectivity index (χ0n) is 10.7. The summed E-state index contributed by atoms with van der Waals surface area (Å²) in [5, 5.41) is 19.0. The summed E-state index contributed by atoms with van der Waals surface area (Å²) in [6.07, 6.45) is 3.05. The number of phenolic OH excluding ortho intramolecular Hbond substituents is 1. The first-order chi connectivity index (χ1) is 9.12. The molecule has 4 heteroatoms. The molecule has 2 N–H and O–H groups in total. The molecule has 4 nitrogen and oxygen atoms in total. The predicted octanol–water partition coefficient (Wildman–Crippen LogP) is 2.20. The molecule has 1 aliphatic heterocycles. The normalized spacial score (nSPS) is 30.4. The molecule has 1 aromatic carbocycles. The molecule has 0 amide bonds. The van der Waals surface area contributed by atoms with Crippen molar-refractivity contribution in [3.63, 3.8) is 0 Å². The van der Waals surface area contributed by atoms with E-state index >= 15 is 0 Å². The van der Waals surface area contributed by atoms with Crippen LogP contribution >= 0.6 is 0 Å². The van der Waals surface area contributed by atoms with Crippen LogP contribution in [-0.4, -0.2) is 28.9 Å². The fourth-order valence-corrected chi connectivity index (χ4v) is 3.13. The first-order valence-corrected chi connectivity index (χ1v) is 6.75. The number of ether oxygens (including phenoxy) is 1. The highest BCUT2D eigenvalue weighted by atomic mass is 16.5. The molecule has 2 aliphatic rings. The molecule has 102 valence electrons. The van der Waals surface area contributed by atoms with E-state index in [-0.39, 0.29) is 11.9 Å². The quantitative estimate of drug-likeness (QED) is 0.873. The number of rotatable bonds is 4. The largest absolute Gasteiger partial charge is 0.508 e.